The van der Waals surface area contributed by atoms with Crippen LogP contribution in [0, 0.1) is 5.82 Å². The van der Waals surface area contributed by atoms with Crippen LogP contribution in [-0.2, 0) is 11.4 Å². The van der Waals surface area contributed by atoms with Crippen molar-refractivity contribution < 1.29 is 33.6 Å². The molecule has 3 aromatic rings. The highest BCUT2D eigenvalue weighted by Crippen LogP contribution is 2.34. The summed E-state index contributed by atoms with van der Waals surface area (Å²) < 4.78 is 31.9. The molecule has 1 aliphatic rings. The Morgan fingerprint density at radius 2 is 1.97 bits per heavy atom. The monoisotopic (exact) mass is 482 g/mol. The second-order valence-electron chi connectivity index (χ2n) is 8.36. The van der Waals surface area contributed by atoms with Crippen LogP contribution in [0.1, 0.15) is 49.5 Å². The quantitative estimate of drug-likeness (QED) is 0.428. The van der Waals surface area contributed by atoms with Gasteiger partial charge in [0.2, 0.25) is 5.88 Å². The minimum absolute atomic E-state index is 0.0136. The summed E-state index contributed by atoms with van der Waals surface area (Å²) in [5.41, 5.74) is 1.43. The lowest BCUT2D eigenvalue weighted by Crippen LogP contribution is -2.14. The number of rotatable bonds is 10. The van der Waals surface area contributed by atoms with Crippen molar-refractivity contribution in [2.24, 2.45) is 0 Å². The van der Waals surface area contributed by atoms with E-state index in [0.29, 0.717) is 22.8 Å². The maximum atomic E-state index is 14.7. The molecule has 1 heterocycles. The number of hydrogen-bond donors (Lipinski definition) is 2. The Labute approximate surface area is 202 Å². The van der Waals surface area contributed by atoms with Gasteiger partial charge in [-0.15, -0.1) is 0 Å². The van der Waals surface area contributed by atoms with E-state index in [-0.39, 0.29) is 29.8 Å². The van der Waals surface area contributed by atoms with Gasteiger partial charge in [0.15, 0.2) is 0 Å². The largest absolute Gasteiger partial charge is 0.497 e. The second-order valence-corrected chi connectivity index (χ2v) is 8.36. The molecule has 0 saturated heterocycles. The van der Waals surface area contributed by atoms with E-state index in [9.17, 15) is 14.3 Å². The molecule has 0 aliphatic heterocycles. The highest BCUT2D eigenvalue weighted by atomic mass is 19.1. The van der Waals surface area contributed by atoms with Crippen molar-refractivity contribution in [2.45, 2.75) is 50.9 Å². The number of aliphatic hydroxyl groups is 1. The normalized spacial score (nSPS) is 14.5. The number of carboxylic acids is 1. The van der Waals surface area contributed by atoms with Crippen LogP contribution in [0.3, 0.4) is 0 Å². The van der Waals surface area contributed by atoms with Crippen molar-refractivity contribution in [3.8, 4) is 28.6 Å². The molecule has 1 aromatic heterocycles. The minimum atomic E-state index is -1.14. The summed E-state index contributed by atoms with van der Waals surface area (Å²) in [6.07, 6.45) is 3.86. The van der Waals surface area contributed by atoms with Gasteiger partial charge in [-0.2, -0.15) is 0 Å². The number of carboxylic acid groups (broad SMARTS) is 1. The zero-order valence-corrected chi connectivity index (χ0v) is 19.3. The van der Waals surface area contributed by atoms with Gasteiger partial charge in [0.25, 0.3) is 0 Å². The van der Waals surface area contributed by atoms with Crippen molar-refractivity contribution in [3.63, 3.8) is 0 Å². The molecule has 9 heteroatoms. The Balaban J connectivity index is 1.57. The van der Waals surface area contributed by atoms with E-state index in [0.717, 1.165) is 25.7 Å². The number of carbonyl (C=O) groups is 1. The van der Waals surface area contributed by atoms with E-state index >= 15 is 0 Å². The first-order valence-corrected chi connectivity index (χ1v) is 11.4. The lowest BCUT2D eigenvalue weighted by atomic mass is 10.1. The zero-order chi connectivity index (χ0) is 24.8. The van der Waals surface area contributed by atoms with Crippen LogP contribution in [-0.4, -0.2) is 39.4 Å². The fraction of sp³-hybridized carbons (Fsp3) is 0.346. The number of halogens is 1. The number of ether oxygens (including phenoxy) is 3. The van der Waals surface area contributed by atoms with E-state index in [4.69, 9.17) is 19.3 Å². The van der Waals surface area contributed by atoms with Gasteiger partial charge in [-0.3, -0.25) is 4.79 Å². The number of nitrogens with zero attached hydrogens (tertiary/aromatic N) is 2. The van der Waals surface area contributed by atoms with Gasteiger partial charge >= 0.3 is 5.97 Å². The van der Waals surface area contributed by atoms with Crippen LogP contribution < -0.4 is 14.2 Å². The molecule has 1 saturated carbocycles. The number of aliphatic hydroxyl groups excluding tert-OH is 1. The van der Waals surface area contributed by atoms with E-state index in [1.54, 1.807) is 30.3 Å². The van der Waals surface area contributed by atoms with Crippen molar-refractivity contribution >= 4 is 5.97 Å². The molecule has 0 spiro atoms. The predicted molar refractivity (Wildman–Crippen MR) is 125 cm³/mol. The van der Waals surface area contributed by atoms with Crippen LogP contribution in [0.25, 0.3) is 11.3 Å². The molecule has 35 heavy (non-hydrogen) atoms. The summed E-state index contributed by atoms with van der Waals surface area (Å²) in [6.45, 7) is 0.0490. The summed E-state index contributed by atoms with van der Waals surface area (Å²) in [7, 11) is 1.51. The molecule has 1 atom stereocenters. The third kappa shape index (κ3) is 6.24. The Bertz CT molecular complexity index is 1180. The van der Waals surface area contributed by atoms with Crippen LogP contribution >= 0.6 is 0 Å². The maximum absolute atomic E-state index is 14.7. The molecular weight excluding hydrogens is 455 g/mol. The van der Waals surface area contributed by atoms with Gasteiger partial charge in [-0.1, -0.05) is 12.1 Å². The predicted octanol–water partition coefficient (Wildman–Crippen LogP) is 4.70. The molecular formula is C26H27FN2O6. The summed E-state index contributed by atoms with van der Waals surface area (Å²) in [5, 5.41) is 19.0. The molecule has 0 bridgehead atoms. The van der Waals surface area contributed by atoms with Crippen LogP contribution in [0.2, 0.25) is 0 Å². The van der Waals surface area contributed by atoms with Gasteiger partial charge in [0, 0.05) is 5.56 Å². The fourth-order valence-electron chi connectivity index (χ4n) is 3.97. The van der Waals surface area contributed by atoms with Crippen molar-refractivity contribution in [1.82, 2.24) is 9.97 Å². The average Bonchev–Trinajstić information content (AvgIpc) is 3.36. The van der Waals surface area contributed by atoms with Crippen molar-refractivity contribution in [2.75, 3.05) is 7.11 Å². The lowest BCUT2D eigenvalue weighted by molar-refractivity contribution is -0.139. The molecule has 0 amide bonds. The second kappa shape index (κ2) is 11.1. The molecule has 1 fully saturated rings. The van der Waals surface area contributed by atoms with E-state index in [1.807, 2.05) is 0 Å². The number of aromatic nitrogens is 2. The molecule has 1 aliphatic carbocycles. The molecule has 0 radical (unpaired) electrons. The number of methoxy groups -OCH3 is 1. The maximum Gasteiger partial charge on any atom is 0.306 e. The van der Waals surface area contributed by atoms with Crippen LogP contribution in [0.5, 0.6) is 17.4 Å². The van der Waals surface area contributed by atoms with Crippen LogP contribution in [0.15, 0.2) is 48.7 Å². The molecule has 184 valence electrons. The first kappa shape index (κ1) is 24.4. The summed E-state index contributed by atoms with van der Waals surface area (Å²) >= 11 is 0. The number of benzene rings is 2. The first-order valence-electron chi connectivity index (χ1n) is 11.4. The van der Waals surface area contributed by atoms with Crippen LogP contribution in [0.4, 0.5) is 4.39 Å². The Kier molecular flexibility index (Phi) is 7.77. The van der Waals surface area contributed by atoms with E-state index < -0.39 is 24.3 Å². The van der Waals surface area contributed by atoms with E-state index in [2.05, 4.69) is 9.97 Å². The smallest absolute Gasteiger partial charge is 0.306 e. The SMILES string of the molecule is COc1ccc(F)c(-c2ncc(COc3cccc([C@H](O)CC(=O)O)c3)nc2OC2CCCC2)c1. The topological polar surface area (TPSA) is 111 Å². The number of hydrogen-bond acceptors (Lipinski definition) is 7. The highest BCUT2D eigenvalue weighted by Gasteiger charge is 2.22. The standard InChI is InChI=1S/C26H27FN2O6/c1-33-19-9-10-22(27)21(12-19)25-26(35-18-6-2-3-7-18)29-17(14-28-25)15-34-20-8-4-5-16(11-20)23(30)13-24(31)32/h4-5,8-12,14,18,23,30H,2-3,6-7,13,15H2,1H3,(H,31,32)/t23-/m1/s1. The Hall–Kier alpha value is -3.72. The Morgan fingerprint density at radius 1 is 1.17 bits per heavy atom. The molecule has 2 N–H and O–H groups in total. The molecule has 2 aromatic carbocycles. The van der Waals surface area contributed by atoms with Gasteiger partial charge in [-0.25, -0.2) is 14.4 Å². The Morgan fingerprint density at radius 3 is 2.71 bits per heavy atom. The van der Waals surface area contributed by atoms with Crippen molar-refractivity contribution in [1.29, 1.82) is 0 Å². The molecule has 8 nitrogen and oxygen atoms in total. The lowest BCUT2D eigenvalue weighted by Gasteiger charge is -2.17. The highest BCUT2D eigenvalue weighted by molar-refractivity contribution is 5.68. The third-order valence-corrected chi connectivity index (χ3v) is 5.80. The van der Waals surface area contributed by atoms with Gasteiger partial charge in [0.05, 0.1) is 25.8 Å². The molecule has 0 unspecified atom stereocenters. The average molecular weight is 483 g/mol. The number of aliphatic carboxylic acids is 1. The minimum Gasteiger partial charge on any atom is -0.497 e. The van der Waals surface area contributed by atoms with Gasteiger partial charge in [0.1, 0.15) is 41.4 Å². The van der Waals surface area contributed by atoms with Gasteiger partial charge < -0.3 is 24.4 Å². The van der Waals surface area contributed by atoms with E-state index in [1.165, 1.54) is 25.4 Å². The zero-order valence-electron chi connectivity index (χ0n) is 19.3. The molecule has 4 rings (SSSR count). The van der Waals surface area contributed by atoms with Crippen molar-refractivity contribution in [3.05, 3.63) is 65.7 Å². The van der Waals surface area contributed by atoms with Gasteiger partial charge in [-0.05, 0) is 61.6 Å². The summed E-state index contributed by atoms with van der Waals surface area (Å²) in [5.74, 6) is -0.392. The first-order chi connectivity index (χ1) is 16.9. The fourth-order valence-corrected chi connectivity index (χ4v) is 3.97. The summed E-state index contributed by atoms with van der Waals surface area (Å²) in [6, 6.07) is 11.0. The summed E-state index contributed by atoms with van der Waals surface area (Å²) in [4.78, 5) is 19.9. The third-order valence-electron chi connectivity index (χ3n) is 5.80.